The van der Waals surface area contributed by atoms with Crippen LogP contribution in [0.4, 0.5) is 0 Å². The van der Waals surface area contributed by atoms with Crippen LogP contribution in [0, 0.1) is 5.92 Å². The number of nitrogens with one attached hydrogen (secondary N) is 1. The van der Waals surface area contributed by atoms with Crippen LogP contribution >= 0.6 is 0 Å². The van der Waals surface area contributed by atoms with Crippen molar-refractivity contribution in [3.05, 3.63) is 24.3 Å². The molecule has 1 aromatic rings. The lowest BCUT2D eigenvalue weighted by Gasteiger charge is -2.26. The van der Waals surface area contributed by atoms with E-state index in [2.05, 4.69) is 19.2 Å². The third kappa shape index (κ3) is 2.89. The Kier molecular flexibility index (Phi) is 3.67. The molecule has 88 valence electrons. The van der Waals surface area contributed by atoms with E-state index in [1.807, 2.05) is 24.3 Å². The normalized spacial score (nSPS) is 18.8. The molecule has 3 nitrogen and oxygen atoms in total. The van der Waals surface area contributed by atoms with Crippen molar-refractivity contribution in [1.29, 1.82) is 0 Å². The van der Waals surface area contributed by atoms with Gasteiger partial charge < -0.3 is 14.8 Å². The standard InChI is InChI=1S/C13H19NO2/c1-10(2)7-14-8-11-9-15-12-5-3-4-6-13(12)16-11/h3-6,10-11,14H,7-9H2,1-2H3/t11-/m1/s1. The highest BCUT2D eigenvalue weighted by molar-refractivity contribution is 5.40. The SMILES string of the molecule is CC(C)CNC[C@@H]1COc2ccccc2O1. The molecule has 0 aromatic heterocycles. The molecule has 0 saturated carbocycles. The molecule has 0 radical (unpaired) electrons. The van der Waals surface area contributed by atoms with Crippen LogP contribution in [-0.4, -0.2) is 25.8 Å². The highest BCUT2D eigenvalue weighted by Crippen LogP contribution is 2.30. The van der Waals surface area contributed by atoms with E-state index in [-0.39, 0.29) is 6.10 Å². The summed E-state index contributed by atoms with van der Waals surface area (Å²) >= 11 is 0. The second kappa shape index (κ2) is 5.21. The molecular weight excluding hydrogens is 202 g/mol. The van der Waals surface area contributed by atoms with Crippen LogP contribution in [0.3, 0.4) is 0 Å². The molecule has 0 amide bonds. The van der Waals surface area contributed by atoms with Gasteiger partial charge in [-0.2, -0.15) is 0 Å². The second-order valence-corrected chi connectivity index (χ2v) is 4.55. The lowest BCUT2D eigenvalue weighted by molar-refractivity contribution is 0.0900. The smallest absolute Gasteiger partial charge is 0.161 e. The number of hydrogen-bond donors (Lipinski definition) is 1. The molecule has 3 heteroatoms. The second-order valence-electron chi connectivity index (χ2n) is 4.55. The molecule has 0 fully saturated rings. The largest absolute Gasteiger partial charge is 0.486 e. The van der Waals surface area contributed by atoms with Crippen molar-refractivity contribution in [1.82, 2.24) is 5.32 Å². The zero-order valence-corrected chi connectivity index (χ0v) is 9.90. The first-order chi connectivity index (χ1) is 7.75. The minimum atomic E-state index is 0.119. The van der Waals surface area contributed by atoms with Gasteiger partial charge in [0, 0.05) is 6.54 Å². The predicted octanol–water partition coefficient (Wildman–Crippen LogP) is 2.07. The molecule has 1 aromatic carbocycles. The average Bonchev–Trinajstić information content (AvgIpc) is 2.28. The summed E-state index contributed by atoms with van der Waals surface area (Å²) in [6, 6.07) is 7.81. The third-order valence-corrected chi connectivity index (χ3v) is 2.49. The van der Waals surface area contributed by atoms with Crippen LogP contribution in [0.5, 0.6) is 11.5 Å². The van der Waals surface area contributed by atoms with Crippen molar-refractivity contribution >= 4 is 0 Å². The van der Waals surface area contributed by atoms with E-state index in [1.165, 1.54) is 0 Å². The number of para-hydroxylation sites is 2. The van der Waals surface area contributed by atoms with Crippen LogP contribution in [0.2, 0.25) is 0 Å². The Hall–Kier alpha value is -1.22. The summed E-state index contributed by atoms with van der Waals surface area (Å²) in [5.41, 5.74) is 0. The minimum Gasteiger partial charge on any atom is -0.486 e. The first-order valence-electron chi connectivity index (χ1n) is 5.85. The van der Waals surface area contributed by atoms with Gasteiger partial charge in [0.25, 0.3) is 0 Å². The van der Waals surface area contributed by atoms with Crippen molar-refractivity contribution in [3.8, 4) is 11.5 Å². The van der Waals surface area contributed by atoms with E-state index in [4.69, 9.17) is 9.47 Å². The number of fused-ring (bicyclic) bond motifs is 1. The van der Waals surface area contributed by atoms with Gasteiger partial charge >= 0.3 is 0 Å². The van der Waals surface area contributed by atoms with Gasteiger partial charge in [-0.3, -0.25) is 0 Å². The summed E-state index contributed by atoms with van der Waals surface area (Å²) in [6.07, 6.45) is 0.119. The quantitative estimate of drug-likeness (QED) is 0.844. The first-order valence-corrected chi connectivity index (χ1v) is 5.85. The Morgan fingerprint density at radius 2 is 2.06 bits per heavy atom. The summed E-state index contributed by atoms with van der Waals surface area (Å²) in [6.45, 7) is 6.87. The van der Waals surface area contributed by atoms with E-state index in [0.29, 0.717) is 12.5 Å². The number of ether oxygens (including phenoxy) is 2. The van der Waals surface area contributed by atoms with Crippen molar-refractivity contribution in [3.63, 3.8) is 0 Å². The third-order valence-electron chi connectivity index (χ3n) is 2.49. The summed E-state index contributed by atoms with van der Waals surface area (Å²) in [5.74, 6) is 2.37. The molecule has 0 unspecified atom stereocenters. The van der Waals surface area contributed by atoms with Crippen LogP contribution in [-0.2, 0) is 0 Å². The van der Waals surface area contributed by atoms with Crippen molar-refractivity contribution in [2.24, 2.45) is 5.92 Å². The fourth-order valence-electron chi connectivity index (χ4n) is 1.70. The van der Waals surface area contributed by atoms with E-state index in [9.17, 15) is 0 Å². The molecule has 1 heterocycles. The molecule has 1 atom stereocenters. The van der Waals surface area contributed by atoms with Crippen molar-refractivity contribution < 1.29 is 9.47 Å². The Bertz CT molecular complexity index is 338. The van der Waals surface area contributed by atoms with Gasteiger partial charge in [-0.05, 0) is 24.6 Å². The molecule has 0 spiro atoms. The fraction of sp³-hybridized carbons (Fsp3) is 0.538. The van der Waals surface area contributed by atoms with E-state index in [1.54, 1.807) is 0 Å². The maximum atomic E-state index is 5.83. The Labute approximate surface area is 96.8 Å². The zero-order chi connectivity index (χ0) is 11.4. The first kappa shape index (κ1) is 11.3. The molecule has 1 N–H and O–H groups in total. The van der Waals surface area contributed by atoms with Gasteiger partial charge in [0.1, 0.15) is 12.7 Å². The molecular formula is C13H19NO2. The maximum Gasteiger partial charge on any atom is 0.161 e. The topological polar surface area (TPSA) is 30.5 Å². The van der Waals surface area contributed by atoms with Crippen LogP contribution in [0.15, 0.2) is 24.3 Å². The van der Waals surface area contributed by atoms with Crippen LogP contribution in [0.25, 0.3) is 0 Å². The summed E-state index contributed by atoms with van der Waals surface area (Å²) in [4.78, 5) is 0. The molecule has 0 aliphatic carbocycles. The van der Waals surface area contributed by atoms with E-state index < -0.39 is 0 Å². The van der Waals surface area contributed by atoms with Crippen molar-refractivity contribution in [2.75, 3.05) is 19.7 Å². The van der Waals surface area contributed by atoms with Crippen molar-refractivity contribution in [2.45, 2.75) is 20.0 Å². The number of hydrogen-bond acceptors (Lipinski definition) is 3. The van der Waals surface area contributed by atoms with Gasteiger partial charge in [-0.1, -0.05) is 26.0 Å². The highest BCUT2D eigenvalue weighted by Gasteiger charge is 2.19. The van der Waals surface area contributed by atoms with Gasteiger partial charge in [0.15, 0.2) is 11.5 Å². The minimum absolute atomic E-state index is 0.119. The number of benzene rings is 1. The van der Waals surface area contributed by atoms with Gasteiger partial charge in [0.2, 0.25) is 0 Å². The molecule has 1 aliphatic rings. The van der Waals surface area contributed by atoms with E-state index >= 15 is 0 Å². The zero-order valence-electron chi connectivity index (χ0n) is 9.90. The molecule has 0 bridgehead atoms. The Balaban J connectivity index is 1.83. The molecule has 1 aliphatic heterocycles. The van der Waals surface area contributed by atoms with Gasteiger partial charge in [-0.25, -0.2) is 0 Å². The van der Waals surface area contributed by atoms with Gasteiger partial charge in [0.05, 0.1) is 0 Å². The van der Waals surface area contributed by atoms with Gasteiger partial charge in [-0.15, -0.1) is 0 Å². The number of rotatable bonds is 4. The summed E-state index contributed by atoms with van der Waals surface area (Å²) in [7, 11) is 0. The summed E-state index contributed by atoms with van der Waals surface area (Å²) < 4.78 is 11.5. The monoisotopic (exact) mass is 221 g/mol. The Morgan fingerprint density at radius 3 is 2.81 bits per heavy atom. The lowest BCUT2D eigenvalue weighted by Crippen LogP contribution is -2.39. The molecule has 16 heavy (non-hydrogen) atoms. The Morgan fingerprint density at radius 1 is 1.31 bits per heavy atom. The summed E-state index contributed by atoms with van der Waals surface area (Å²) in [5, 5.41) is 3.38. The molecule has 0 saturated heterocycles. The highest BCUT2D eigenvalue weighted by atomic mass is 16.6. The lowest BCUT2D eigenvalue weighted by atomic mass is 10.2. The van der Waals surface area contributed by atoms with Crippen LogP contribution < -0.4 is 14.8 Å². The van der Waals surface area contributed by atoms with Crippen LogP contribution in [0.1, 0.15) is 13.8 Å². The fourth-order valence-corrected chi connectivity index (χ4v) is 1.70. The predicted molar refractivity (Wildman–Crippen MR) is 64.1 cm³/mol. The van der Waals surface area contributed by atoms with E-state index in [0.717, 1.165) is 24.6 Å². The maximum absolute atomic E-state index is 5.83. The molecule has 2 rings (SSSR count). The average molecular weight is 221 g/mol.